The van der Waals surface area contributed by atoms with Crippen LogP contribution in [0.3, 0.4) is 0 Å². The van der Waals surface area contributed by atoms with Gasteiger partial charge in [0.05, 0.1) is 17.5 Å². The molecule has 0 aliphatic rings. The molecule has 0 bridgehead atoms. The number of aromatic nitrogens is 2. The molecule has 2 heterocycles. The molecule has 0 spiro atoms. The maximum Gasteiger partial charge on any atom is 0.143 e. The number of methoxy groups -OCH3 is 1. The van der Waals surface area contributed by atoms with E-state index in [1.807, 2.05) is 19.2 Å². The van der Waals surface area contributed by atoms with E-state index in [-0.39, 0.29) is 6.10 Å². The van der Waals surface area contributed by atoms with Crippen LogP contribution in [0.1, 0.15) is 23.8 Å². The molecule has 1 atom stereocenters. The lowest BCUT2D eigenvalue weighted by atomic mass is 10.2. The Morgan fingerprint density at radius 1 is 1.53 bits per heavy atom. The summed E-state index contributed by atoms with van der Waals surface area (Å²) in [7, 11) is 1.68. The van der Waals surface area contributed by atoms with Crippen LogP contribution >= 0.6 is 11.3 Å². The Bertz CT molecular complexity index is 450. The van der Waals surface area contributed by atoms with Gasteiger partial charge in [0.1, 0.15) is 16.9 Å². The fourth-order valence-electron chi connectivity index (χ4n) is 1.24. The Morgan fingerprint density at radius 3 is 2.93 bits per heavy atom. The van der Waals surface area contributed by atoms with Gasteiger partial charge < -0.3 is 9.26 Å². The summed E-state index contributed by atoms with van der Waals surface area (Å²) in [6.07, 6.45) is 1.72. The van der Waals surface area contributed by atoms with Crippen LogP contribution in [0.5, 0.6) is 0 Å². The van der Waals surface area contributed by atoms with Gasteiger partial charge in [0.15, 0.2) is 0 Å². The van der Waals surface area contributed by atoms with Crippen molar-refractivity contribution in [2.45, 2.75) is 20.0 Å². The van der Waals surface area contributed by atoms with Gasteiger partial charge in [-0.1, -0.05) is 5.16 Å². The fourth-order valence-corrected chi connectivity index (χ4v) is 2.09. The van der Waals surface area contributed by atoms with Gasteiger partial charge in [-0.2, -0.15) is 0 Å². The maximum absolute atomic E-state index is 5.21. The largest absolute Gasteiger partial charge is 0.375 e. The highest BCUT2D eigenvalue weighted by molar-refractivity contribution is 7.10. The lowest BCUT2D eigenvalue weighted by molar-refractivity contribution is 0.119. The molecule has 2 aromatic heterocycles. The van der Waals surface area contributed by atoms with Crippen LogP contribution in [0, 0.1) is 6.92 Å². The monoisotopic (exact) mass is 224 g/mol. The van der Waals surface area contributed by atoms with E-state index in [0.717, 1.165) is 22.0 Å². The fraction of sp³-hybridized carbons (Fsp3) is 0.400. The number of rotatable bonds is 3. The molecule has 0 radical (unpaired) electrons. The van der Waals surface area contributed by atoms with Gasteiger partial charge in [0.25, 0.3) is 0 Å². The number of aryl methyl sites for hydroxylation is 1. The SMILES string of the molecule is CO[C@H](C)c1nc(-c2cnoc2C)cs1. The minimum Gasteiger partial charge on any atom is -0.375 e. The number of thiazole rings is 1. The highest BCUT2D eigenvalue weighted by Gasteiger charge is 2.13. The highest BCUT2D eigenvalue weighted by Crippen LogP contribution is 2.28. The van der Waals surface area contributed by atoms with Gasteiger partial charge in [-0.25, -0.2) is 4.98 Å². The van der Waals surface area contributed by atoms with Crippen molar-refractivity contribution in [1.82, 2.24) is 10.1 Å². The van der Waals surface area contributed by atoms with Gasteiger partial charge in [-0.15, -0.1) is 11.3 Å². The number of hydrogen-bond donors (Lipinski definition) is 0. The van der Waals surface area contributed by atoms with E-state index < -0.39 is 0 Å². The van der Waals surface area contributed by atoms with Gasteiger partial charge >= 0.3 is 0 Å². The van der Waals surface area contributed by atoms with Crippen LogP contribution in [0.15, 0.2) is 16.1 Å². The minimum absolute atomic E-state index is 0.0314. The topological polar surface area (TPSA) is 48.2 Å². The summed E-state index contributed by atoms with van der Waals surface area (Å²) in [5, 5.41) is 6.69. The third kappa shape index (κ3) is 1.93. The molecule has 2 aromatic rings. The van der Waals surface area contributed by atoms with E-state index >= 15 is 0 Å². The Hall–Kier alpha value is -1.20. The summed E-state index contributed by atoms with van der Waals surface area (Å²) in [5.74, 6) is 0.789. The van der Waals surface area contributed by atoms with E-state index in [9.17, 15) is 0 Å². The average molecular weight is 224 g/mol. The summed E-state index contributed by atoms with van der Waals surface area (Å²) in [6, 6.07) is 0. The smallest absolute Gasteiger partial charge is 0.143 e. The third-order valence-corrected chi connectivity index (χ3v) is 3.26. The second-order valence-corrected chi connectivity index (χ2v) is 4.13. The van der Waals surface area contributed by atoms with Gasteiger partial charge in [0.2, 0.25) is 0 Å². The standard InChI is InChI=1S/C10H12N2O2S/c1-6-8(4-11-14-6)9-5-15-10(12-9)7(2)13-3/h4-5,7H,1-3H3/t7-/m1/s1. The molecule has 0 aromatic carbocycles. The second-order valence-electron chi connectivity index (χ2n) is 3.24. The molecule has 80 valence electrons. The van der Waals surface area contributed by atoms with Gasteiger partial charge in [-0.05, 0) is 13.8 Å². The first-order valence-electron chi connectivity index (χ1n) is 4.62. The van der Waals surface area contributed by atoms with E-state index in [1.54, 1.807) is 24.6 Å². The summed E-state index contributed by atoms with van der Waals surface area (Å²) >= 11 is 1.58. The van der Waals surface area contributed by atoms with Crippen LogP contribution in [0.4, 0.5) is 0 Å². The third-order valence-electron chi connectivity index (χ3n) is 2.25. The number of ether oxygens (including phenoxy) is 1. The summed E-state index contributed by atoms with van der Waals surface area (Å²) in [6.45, 7) is 3.85. The average Bonchev–Trinajstić information content (AvgIpc) is 2.84. The molecule has 0 fully saturated rings. The summed E-state index contributed by atoms with van der Waals surface area (Å²) in [5.41, 5.74) is 1.85. The van der Waals surface area contributed by atoms with Crippen molar-refractivity contribution in [2.24, 2.45) is 0 Å². The first-order valence-corrected chi connectivity index (χ1v) is 5.50. The van der Waals surface area contributed by atoms with Crippen molar-refractivity contribution in [3.63, 3.8) is 0 Å². The molecule has 0 saturated carbocycles. The molecule has 4 nitrogen and oxygen atoms in total. The number of hydrogen-bond acceptors (Lipinski definition) is 5. The Kier molecular flexibility index (Phi) is 2.83. The minimum atomic E-state index is 0.0314. The van der Waals surface area contributed by atoms with Crippen LogP contribution in [-0.2, 0) is 4.74 Å². The molecule has 0 N–H and O–H groups in total. The van der Waals surface area contributed by atoms with Gasteiger partial charge in [-0.3, -0.25) is 0 Å². The maximum atomic E-state index is 5.21. The van der Waals surface area contributed by atoms with Crippen molar-refractivity contribution in [3.8, 4) is 11.3 Å². The molecule has 5 heteroatoms. The van der Waals surface area contributed by atoms with Crippen LogP contribution in [0.2, 0.25) is 0 Å². The Morgan fingerprint density at radius 2 is 2.33 bits per heavy atom. The Labute approximate surface area is 91.9 Å². The molecule has 0 aliphatic heterocycles. The van der Waals surface area contributed by atoms with Crippen molar-refractivity contribution < 1.29 is 9.26 Å². The predicted octanol–water partition coefficient (Wildman–Crippen LogP) is 2.81. The van der Waals surface area contributed by atoms with Gasteiger partial charge in [0, 0.05) is 12.5 Å². The van der Waals surface area contributed by atoms with Crippen molar-refractivity contribution >= 4 is 11.3 Å². The van der Waals surface area contributed by atoms with E-state index in [1.165, 1.54) is 0 Å². The molecule has 0 saturated heterocycles. The first kappa shape index (κ1) is 10.3. The second kappa shape index (κ2) is 4.12. The van der Waals surface area contributed by atoms with E-state index in [4.69, 9.17) is 9.26 Å². The molecule has 0 aliphatic carbocycles. The zero-order chi connectivity index (χ0) is 10.8. The molecular formula is C10H12N2O2S. The first-order chi connectivity index (χ1) is 7.22. The van der Waals surface area contributed by atoms with E-state index in [0.29, 0.717) is 0 Å². The highest BCUT2D eigenvalue weighted by atomic mass is 32.1. The van der Waals surface area contributed by atoms with Crippen LogP contribution < -0.4 is 0 Å². The summed E-state index contributed by atoms with van der Waals surface area (Å²) < 4.78 is 10.2. The van der Waals surface area contributed by atoms with E-state index in [2.05, 4.69) is 10.1 Å². The van der Waals surface area contributed by atoms with Crippen molar-refractivity contribution in [3.05, 3.63) is 22.3 Å². The quantitative estimate of drug-likeness (QED) is 0.804. The molecule has 0 unspecified atom stereocenters. The molecule has 15 heavy (non-hydrogen) atoms. The predicted molar refractivity (Wildman–Crippen MR) is 57.8 cm³/mol. The van der Waals surface area contributed by atoms with Crippen molar-refractivity contribution in [1.29, 1.82) is 0 Å². The van der Waals surface area contributed by atoms with Crippen LogP contribution in [-0.4, -0.2) is 17.3 Å². The zero-order valence-corrected chi connectivity index (χ0v) is 9.67. The molecule has 2 rings (SSSR count). The number of nitrogens with zero attached hydrogens (tertiary/aromatic N) is 2. The Balaban J connectivity index is 2.32. The molecule has 0 amide bonds. The van der Waals surface area contributed by atoms with Crippen LogP contribution in [0.25, 0.3) is 11.3 Å². The van der Waals surface area contributed by atoms with Crippen molar-refractivity contribution in [2.75, 3.05) is 7.11 Å². The molecular weight excluding hydrogens is 212 g/mol. The normalized spacial score (nSPS) is 13.0. The lowest BCUT2D eigenvalue weighted by Crippen LogP contribution is -1.94. The lowest BCUT2D eigenvalue weighted by Gasteiger charge is -2.03. The zero-order valence-electron chi connectivity index (χ0n) is 8.85. The summed E-state index contributed by atoms with van der Waals surface area (Å²) in [4.78, 5) is 4.48.